The molecule has 4 aliphatic rings. The normalized spacial score (nSPS) is 30.4. The van der Waals surface area contributed by atoms with Gasteiger partial charge in [0, 0.05) is 38.5 Å². The number of ketones is 1. The summed E-state index contributed by atoms with van der Waals surface area (Å²) in [6.07, 6.45) is -8.05. The summed E-state index contributed by atoms with van der Waals surface area (Å²) < 4.78 is 37.1. The smallest absolute Gasteiger partial charge is 0.338 e. The Morgan fingerprint density at radius 1 is 0.896 bits per heavy atom. The van der Waals surface area contributed by atoms with Crippen LogP contribution in [0.3, 0.4) is 0 Å². The van der Waals surface area contributed by atoms with Gasteiger partial charge in [0.2, 0.25) is 5.91 Å². The molecular formula is C50H64N2O15. The van der Waals surface area contributed by atoms with Gasteiger partial charge in [-0.15, -0.1) is 0 Å². The molecule has 1 aliphatic heterocycles. The molecule has 3 aliphatic carbocycles. The maximum atomic E-state index is 16.0. The van der Waals surface area contributed by atoms with E-state index in [0.29, 0.717) is 12.0 Å². The van der Waals surface area contributed by atoms with E-state index < -0.39 is 119 Å². The fourth-order valence-corrected chi connectivity index (χ4v) is 10.8. The molecule has 17 nitrogen and oxygen atoms in total. The highest BCUT2D eigenvalue weighted by Crippen LogP contribution is 2.65. The van der Waals surface area contributed by atoms with E-state index in [1.807, 2.05) is 6.92 Å². The number of benzene rings is 2. The summed E-state index contributed by atoms with van der Waals surface area (Å²) >= 11 is 0. The second-order valence-corrected chi connectivity index (χ2v) is 19.2. The molecular weight excluding hydrogens is 869 g/mol. The number of nitrogens with zero attached hydrogens (tertiary/aromatic N) is 1. The number of amides is 1. The fraction of sp³-hybridized carbons (Fsp3) is 0.580. The Kier molecular flexibility index (Phi) is 15.2. The summed E-state index contributed by atoms with van der Waals surface area (Å²) in [6, 6.07) is 14.9. The number of unbranched alkanes of at least 4 members (excludes halogenated alkanes) is 2. The topological polar surface area (TPSA) is 231 Å². The van der Waals surface area contributed by atoms with Crippen LogP contribution in [-0.2, 0) is 57.2 Å². The first-order valence-electron chi connectivity index (χ1n) is 22.8. The van der Waals surface area contributed by atoms with Gasteiger partial charge in [0.25, 0.3) is 0 Å². The highest BCUT2D eigenvalue weighted by atomic mass is 16.6. The second-order valence-electron chi connectivity index (χ2n) is 19.2. The van der Waals surface area contributed by atoms with Crippen molar-refractivity contribution in [2.45, 2.75) is 141 Å². The highest BCUT2D eigenvalue weighted by Gasteiger charge is 2.79. The van der Waals surface area contributed by atoms with Gasteiger partial charge in [-0.2, -0.15) is 0 Å². The molecule has 3 fully saturated rings. The SMILES string of the molecule is CCCCCC(=O)NC(c1ccccc1)[C@H](O)C(=O)O[C@H]1C[C@@]2(O)[C@@H](OC(=O)c3ccccc3)C3[C@]4(OC(C)=O)COC4C[C@H](OC(=O)CN(C)C)[C@@]3(C)C(=O)[C@H](OC(C)=O)C(=C1C)C2(C)C. The van der Waals surface area contributed by atoms with Crippen LogP contribution in [0.1, 0.15) is 109 Å². The number of ether oxygens (including phenoxy) is 6. The van der Waals surface area contributed by atoms with Crippen molar-refractivity contribution < 1.29 is 72.2 Å². The zero-order chi connectivity index (χ0) is 49.2. The molecule has 2 aromatic carbocycles. The zero-order valence-electron chi connectivity index (χ0n) is 39.7. The number of rotatable bonds is 16. The Bertz CT molecular complexity index is 2250. The summed E-state index contributed by atoms with van der Waals surface area (Å²) in [5.41, 5.74) is -7.41. The maximum Gasteiger partial charge on any atom is 0.338 e. The molecule has 6 rings (SSSR count). The molecule has 3 N–H and O–H groups in total. The standard InChI is InChI=1S/C50H64N2O15/c1-10-11-14-23-36(55)51-39(31-19-15-12-16-20-31)40(57)46(60)64-33-25-50(61)44(66-45(59)32-21-17-13-18-22-32)42-48(7,43(58)41(63-29(3)53)38(28(33)2)47(50,5)6)34(65-37(56)26-52(8)9)24-35-49(42,27-62-35)67-30(4)54/h12-13,15-22,33-35,39-42,44,57,61H,10-11,14,23-27H2,1-9H3,(H,51,55)/t33-,34-,35?,39?,40-,41+,42?,44-,48+,49-,50+/m0/s1. The van der Waals surface area contributed by atoms with Gasteiger partial charge in [0.05, 0.1) is 36.1 Å². The molecule has 0 aromatic heterocycles. The highest BCUT2D eigenvalue weighted by molar-refractivity contribution is 5.96. The lowest BCUT2D eigenvalue weighted by Gasteiger charge is -2.67. The van der Waals surface area contributed by atoms with Gasteiger partial charge < -0.3 is 44.0 Å². The summed E-state index contributed by atoms with van der Waals surface area (Å²) in [4.78, 5) is 99.8. The van der Waals surface area contributed by atoms with Crippen molar-refractivity contribution in [3.63, 3.8) is 0 Å². The number of Topliss-reactive ketones (excluding diaryl/α,β-unsaturated/α-hetero) is 1. The third-order valence-electron chi connectivity index (χ3n) is 14.2. The monoisotopic (exact) mass is 932 g/mol. The van der Waals surface area contributed by atoms with Crippen molar-refractivity contribution in [1.29, 1.82) is 0 Å². The van der Waals surface area contributed by atoms with E-state index in [0.717, 1.165) is 26.7 Å². The number of hydrogen-bond donors (Lipinski definition) is 3. The average Bonchev–Trinajstić information content (AvgIpc) is 3.26. The summed E-state index contributed by atoms with van der Waals surface area (Å²) in [6.45, 7) is 9.82. The lowest BCUT2D eigenvalue weighted by molar-refractivity contribution is -0.346. The number of aliphatic hydroxyl groups is 2. The third kappa shape index (κ3) is 9.65. The number of carbonyl (C=O) groups excluding carboxylic acids is 7. The Morgan fingerprint density at radius 3 is 2.10 bits per heavy atom. The van der Waals surface area contributed by atoms with Crippen LogP contribution in [0.2, 0.25) is 0 Å². The zero-order valence-corrected chi connectivity index (χ0v) is 39.7. The number of likely N-dealkylation sites (N-methyl/N-ethyl adjacent to an activating group) is 1. The van der Waals surface area contributed by atoms with Crippen LogP contribution in [0.5, 0.6) is 0 Å². The van der Waals surface area contributed by atoms with Gasteiger partial charge >= 0.3 is 29.8 Å². The number of fused-ring (bicyclic) bond motifs is 5. The Labute approximate surface area is 390 Å². The van der Waals surface area contributed by atoms with Crippen molar-refractivity contribution in [3.05, 3.63) is 82.9 Å². The molecule has 2 aromatic rings. The molecule has 2 bridgehead atoms. The first-order valence-corrected chi connectivity index (χ1v) is 22.8. The molecule has 2 saturated carbocycles. The Hall–Kier alpha value is -5.49. The minimum Gasteiger partial charge on any atom is -0.460 e. The summed E-state index contributed by atoms with van der Waals surface area (Å²) in [7, 11) is 3.29. The molecule has 1 amide bonds. The fourth-order valence-electron chi connectivity index (χ4n) is 10.8. The second kappa shape index (κ2) is 20.0. The van der Waals surface area contributed by atoms with Crippen LogP contribution in [-0.4, -0.2) is 132 Å². The molecule has 1 heterocycles. The molecule has 67 heavy (non-hydrogen) atoms. The van der Waals surface area contributed by atoms with Gasteiger partial charge in [-0.05, 0) is 63.2 Å². The number of hydrogen-bond acceptors (Lipinski definition) is 16. The van der Waals surface area contributed by atoms with Crippen LogP contribution >= 0.6 is 0 Å². The first kappa shape index (κ1) is 50.9. The van der Waals surface area contributed by atoms with E-state index in [1.165, 1.54) is 26.0 Å². The maximum absolute atomic E-state index is 16.0. The van der Waals surface area contributed by atoms with Crippen molar-refractivity contribution in [2.24, 2.45) is 16.7 Å². The van der Waals surface area contributed by atoms with Crippen LogP contribution in [0.4, 0.5) is 0 Å². The van der Waals surface area contributed by atoms with Crippen LogP contribution in [0.15, 0.2) is 71.8 Å². The van der Waals surface area contributed by atoms with Gasteiger partial charge in [-0.25, -0.2) is 9.59 Å². The minimum absolute atomic E-state index is 0.00935. The lowest BCUT2D eigenvalue weighted by Crippen LogP contribution is -2.82. The first-order chi connectivity index (χ1) is 31.5. The molecule has 3 unspecified atom stereocenters. The van der Waals surface area contributed by atoms with Crippen LogP contribution in [0.25, 0.3) is 0 Å². The van der Waals surface area contributed by atoms with Crippen molar-refractivity contribution in [1.82, 2.24) is 10.2 Å². The van der Waals surface area contributed by atoms with E-state index in [9.17, 15) is 39.0 Å². The number of nitrogens with one attached hydrogen (secondary N) is 1. The van der Waals surface area contributed by atoms with Crippen LogP contribution < -0.4 is 5.32 Å². The van der Waals surface area contributed by atoms with Crippen molar-refractivity contribution in [2.75, 3.05) is 27.2 Å². The predicted octanol–water partition coefficient (Wildman–Crippen LogP) is 4.11. The summed E-state index contributed by atoms with van der Waals surface area (Å²) in [5.74, 6) is -7.44. The van der Waals surface area contributed by atoms with E-state index >= 15 is 4.79 Å². The van der Waals surface area contributed by atoms with Crippen molar-refractivity contribution in [3.8, 4) is 0 Å². The van der Waals surface area contributed by atoms with Crippen LogP contribution in [0, 0.1) is 16.7 Å². The molecule has 0 radical (unpaired) electrons. The number of esters is 5. The Balaban J connectivity index is 1.57. The Morgan fingerprint density at radius 2 is 1.54 bits per heavy atom. The third-order valence-corrected chi connectivity index (χ3v) is 14.2. The molecule has 0 spiro atoms. The van der Waals surface area contributed by atoms with E-state index in [-0.39, 0.29) is 42.7 Å². The molecule has 17 heteroatoms. The van der Waals surface area contributed by atoms with Gasteiger partial charge in [0.1, 0.15) is 30.0 Å². The molecule has 1 saturated heterocycles. The van der Waals surface area contributed by atoms with Gasteiger partial charge in [-0.3, -0.25) is 28.9 Å². The predicted molar refractivity (Wildman–Crippen MR) is 238 cm³/mol. The molecule has 11 atom stereocenters. The van der Waals surface area contributed by atoms with Crippen molar-refractivity contribution >= 4 is 41.5 Å². The van der Waals surface area contributed by atoms with E-state index in [1.54, 1.807) is 81.4 Å². The van der Waals surface area contributed by atoms with Gasteiger partial charge in [0.15, 0.2) is 23.6 Å². The largest absolute Gasteiger partial charge is 0.460 e. The summed E-state index contributed by atoms with van der Waals surface area (Å²) in [5, 5.41) is 28.5. The minimum atomic E-state index is -2.43. The quantitative estimate of drug-likeness (QED) is 0.0931. The average molecular weight is 933 g/mol. The molecule has 364 valence electrons. The lowest BCUT2D eigenvalue weighted by atomic mass is 9.44. The van der Waals surface area contributed by atoms with Gasteiger partial charge in [-0.1, -0.05) is 82.1 Å². The van der Waals surface area contributed by atoms with E-state index in [2.05, 4.69) is 5.32 Å². The number of aliphatic hydroxyl groups excluding tert-OH is 1. The number of carbonyl (C=O) groups is 7. The van der Waals surface area contributed by atoms with E-state index in [4.69, 9.17) is 28.4 Å².